The molecule has 0 atom stereocenters. The third-order valence-corrected chi connectivity index (χ3v) is 4.70. The first-order chi connectivity index (χ1) is 13.6. The molecule has 1 aromatic heterocycles. The lowest BCUT2D eigenvalue weighted by molar-refractivity contribution is -0.116. The van der Waals surface area contributed by atoms with Crippen LogP contribution in [0.15, 0.2) is 77.5 Å². The van der Waals surface area contributed by atoms with Crippen molar-refractivity contribution >= 4 is 33.4 Å². The molecular weight excluding hydrogens is 418 g/mol. The predicted molar refractivity (Wildman–Crippen MR) is 113 cm³/mol. The van der Waals surface area contributed by atoms with Gasteiger partial charge in [-0.3, -0.25) is 14.6 Å². The van der Waals surface area contributed by atoms with Gasteiger partial charge in [-0.1, -0.05) is 40.2 Å². The van der Waals surface area contributed by atoms with Crippen molar-refractivity contribution < 1.29 is 9.59 Å². The van der Waals surface area contributed by atoms with Crippen LogP contribution in [0.1, 0.15) is 27.9 Å². The maximum Gasteiger partial charge on any atom is 0.253 e. The number of nitrogens with zero attached hydrogens (tertiary/aromatic N) is 1. The van der Waals surface area contributed by atoms with Crippen molar-refractivity contribution in [3.63, 3.8) is 0 Å². The molecule has 0 aliphatic heterocycles. The summed E-state index contributed by atoms with van der Waals surface area (Å²) in [6.07, 6.45) is 4.27. The lowest BCUT2D eigenvalue weighted by atomic mass is 10.1. The summed E-state index contributed by atoms with van der Waals surface area (Å²) in [4.78, 5) is 28.1. The second-order valence-electron chi connectivity index (χ2n) is 6.30. The second kappa shape index (κ2) is 9.80. The Morgan fingerprint density at radius 2 is 1.64 bits per heavy atom. The van der Waals surface area contributed by atoms with Gasteiger partial charge in [-0.2, -0.15) is 0 Å². The van der Waals surface area contributed by atoms with Crippen LogP contribution in [0.2, 0.25) is 0 Å². The first-order valence-corrected chi connectivity index (χ1v) is 9.71. The molecule has 2 N–H and O–H groups in total. The number of nitrogens with one attached hydrogen (secondary N) is 2. The van der Waals surface area contributed by atoms with Gasteiger partial charge >= 0.3 is 0 Å². The van der Waals surface area contributed by atoms with E-state index >= 15 is 0 Å². The summed E-state index contributed by atoms with van der Waals surface area (Å²) in [5.74, 6) is -0.195. The van der Waals surface area contributed by atoms with E-state index in [-0.39, 0.29) is 11.8 Å². The van der Waals surface area contributed by atoms with Crippen molar-refractivity contribution in [1.82, 2.24) is 10.3 Å². The Morgan fingerprint density at radius 1 is 0.929 bits per heavy atom. The van der Waals surface area contributed by atoms with E-state index in [1.807, 2.05) is 48.5 Å². The molecule has 0 spiro atoms. The van der Waals surface area contributed by atoms with E-state index in [2.05, 4.69) is 31.5 Å². The minimum Gasteiger partial charge on any atom is -0.348 e. The normalized spacial score (nSPS) is 10.3. The van der Waals surface area contributed by atoms with Crippen LogP contribution >= 0.6 is 15.9 Å². The van der Waals surface area contributed by atoms with Crippen LogP contribution in [0.3, 0.4) is 0 Å². The number of aromatic nitrogens is 1. The number of hydrogen-bond donors (Lipinski definition) is 2. The third-order valence-electron chi connectivity index (χ3n) is 4.17. The van der Waals surface area contributed by atoms with Crippen molar-refractivity contribution in [3.8, 4) is 0 Å². The lowest BCUT2D eigenvalue weighted by Gasteiger charge is -2.08. The predicted octanol–water partition coefficient (Wildman–Crippen LogP) is 4.35. The molecule has 0 saturated carbocycles. The molecule has 2 amide bonds. The number of halogens is 1. The Hall–Kier alpha value is -2.99. The topological polar surface area (TPSA) is 71.1 Å². The fraction of sp³-hybridized carbons (Fsp3) is 0.136. The van der Waals surface area contributed by atoms with Gasteiger partial charge in [-0.05, 0) is 53.9 Å². The molecule has 0 bridgehead atoms. The average Bonchev–Trinajstić information content (AvgIpc) is 2.73. The summed E-state index contributed by atoms with van der Waals surface area (Å²) in [5, 5.41) is 5.75. The van der Waals surface area contributed by atoms with Gasteiger partial charge in [-0.25, -0.2) is 0 Å². The maximum absolute atomic E-state index is 12.1. The molecule has 3 rings (SSSR count). The highest BCUT2D eigenvalue weighted by molar-refractivity contribution is 9.10. The van der Waals surface area contributed by atoms with Crippen molar-refractivity contribution in [2.45, 2.75) is 19.4 Å². The molecule has 2 aromatic carbocycles. The Kier molecular flexibility index (Phi) is 6.92. The van der Waals surface area contributed by atoms with Crippen LogP contribution in [-0.4, -0.2) is 16.8 Å². The molecule has 0 aliphatic rings. The number of pyridine rings is 1. The number of anilines is 1. The van der Waals surface area contributed by atoms with Crippen LogP contribution in [0.5, 0.6) is 0 Å². The summed E-state index contributed by atoms with van der Waals surface area (Å²) in [6, 6.07) is 18.8. The quantitative estimate of drug-likeness (QED) is 0.577. The molecular formula is C22H20BrN3O2. The van der Waals surface area contributed by atoms with Gasteiger partial charge in [0.1, 0.15) is 0 Å². The fourth-order valence-electron chi connectivity index (χ4n) is 2.62. The molecule has 0 fully saturated rings. The number of aryl methyl sites for hydroxylation is 1. The lowest BCUT2D eigenvalue weighted by Crippen LogP contribution is -2.22. The van der Waals surface area contributed by atoms with Crippen LogP contribution in [-0.2, 0) is 17.8 Å². The molecule has 3 aromatic rings. The van der Waals surface area contributed by atoms with E-state index in [1.54, 1.807) is 18.3 Å². The van der Waals surface area contributed by atoms with Crippen molar-refractivity contribution in [1.29, 1.82) is 0 Å². The zero-order chi connectivity index (χ0) is 19.8. The van der Waals surface area contributed by atoms with E-state index < -0.39 is 0 Å². The van der Waals surface area contributed by atoms with E-state index in [0.717, 1.165) is 21.3 Å². The van der Waals surface area contributed by atoms with Gasteiger partial charge in [0.05, 0.1) is 5.56 Å². The fourth-order valence-corrected chi connectivity index (χ4v) is 2.88. The van der Waals surface area contributed by atoms with Crippen LogP contribution < -0.4 is 10.6 Å². The highest BCUT2D eigenvalue weighted by Gasteiger charge is 2.06. The molecule has 0 radical (unpaired) electrons. The van der Waals surface area contributed by atoms with Crippen molar-refractivity contribution in [2.75, 3.05) is 5.32 Å². The van der Waals surface area contributed by atoms with Crippen LogP contribution in [0.25, 0.3) is 0 Å². The summed E-state index contributed by atoms with van der Waals surface area (Å²) in [7, 11) is 0. The van der Waals surface area contributed by atoms with Gasteiger partial charge in [0.15, 0.2) is 0 Å². The standard InChI is InChI=1S/C22H20BrN3O2/c23-19-8-3-16(4-9-19)7-12-21(27)26-20-10-5-17(6-11-20)14-25-22(28)18-2-1-13-24-15-18/h1-6,8-11,13,15H,7,12,14H2,(H,25,28)(H,26,27). The Balaban J connectivity index is 1.45. The summed E-state index contributed by atoms with van der Waals surface area (Å²) in [6.45, 7) is 0.408. The summed E-state index contributed by atoms with van der Waals surface area (Å²) in [5.41, 5.74) is 3.34. The smallest absolute Gasteiger partial charge is 0.253 e. The SMILES string of the molecule is O=C(CCc1ccc(Br)cc1)Nc1ccc(CNC(=O)c2cccnc2)cc1. The molecule has 0 unspecified atom stereocenters. The number of benzene rings is 2. The number of rotatable bonds is 7. The first-order valence-electron chi connectivity index (χ1n) is 8.91. The number of carbonyl (C=O) groups excluding carboxylic acids is 2. The highest BCUT2D eigenvalue weighted by atomic mass is 79.9. The van der Waals surface area contributed by atoms with Crippen molar-refractivity contribution in [3.05, 3.63) is 94.2 Å². The zero-order valence-corrected chi connectivity index (χ0v) is 16.8. The molecule has 0 saturated heterocycles. The number of hydrogen-bond acceptors (Lipinski definition) is 3. The average molecular weight is 438 g/mol. The first kappa shape index (κ1) is 19.8. The Labute approximate surface area is 172 Å². The Bertz CT molecular complexity index is 926. The minimum absolute atomic E-state index is 0.0273. The third kappa shape index (κ3) is 6.03. The van der Waals surface area contributed by atoms with Gasteiger partial charge in [-0.15, -0.1) is 0 Å². The summed E-state index contributed by atoms with van der Waals surface area (Å²) >= 11 is 3.40. The van der Waals surface area contributed by atoms with E-state index in [4.69, 9.17) is 0 Å². The largest absolute Gasteiger partial charge is 0.348 e. The van der Waals surface area contributed by atoms with E-state index in [0.29, 0.717) is 24.9 Å². The Morgan fingerprint density at radius 3 is 2.32 bits per heavy atom. The highest BCUT2D eigenvalue weighted by Crippen LogP contribution is 2.13. The van der Waals surface area contributed by atoms with Crippen LogP contribution in [0, 0.1) is 0 Å². The molecule has 142 valence electrons. The van der Waals surface area contributed by atoms with Gasteiger partial charge in [0.2, 0.25) is 5.91 Å². The van der Waals surface area contributed by atoms with Crippen molar-refractivity contribution in [2.24, 2.45) is 0 Å². The molecule has 0 aliphatic carbocycles. The zero-order valence-electron chi connectivity index (χ0n) is 15.2. The molecule has 5 nitrogen and oxygen atoms in total. The van der Waals surface area contributed by atoms with E-state index in [1.165, 1.54) is 6.20 Å². The summed E-state index contributed by atoms with van der Waals surface area (Å²) < 4.78 is 1.03. The number of carbonyl (C=O) groups is 2. The van der Waals surface area contributed by atoms with Gasteiger partial charge in [0, 0.05) is 35.5 Å². The molecule has 28 heavy (non-hydrogen) atoms. The molecule has 1 heterocycles. The minimum atomic E-state index is -0.168. The number of amides is 2. The monoisotopic (exact) mass is 437 g/mol. The van der Waals surface area contributed by atoms with Gasteiger partial charge in [0.25, 0.3) is 5.91 Å². The van der Waals surface area contributed by atoms with Gasteiger partial charge < -0.3 is 10.6 Å². The second-order valence-corrected chi connectivity index (χ2v) is 7.21. The van der Waals surface area contributed by atoms with Crippen LogP contribution in [0.4, 0.5) is 5.69 Å². The maximum atomic E-state index is 12.1. The molecule has 6 heteroatoms. The van der Waals surface area contributed by atoms with E-state index in [9.17, 15) is 9.59 Å².